The quantitative estimate of drug-likeness (QED) is 0.678. The fraction of sp³-hybridized carbons (Fsp3) is 0.143. The smallest absolute Gasteiger partial charge is 0.229 e. The zero-order chi connectivity index (χ0) is 18.4. The van der Waals surface area contributed by atoms with Gasteiger partial charge in [0.2, 0.25) is 5.91 Å². The number of nitrogens with zero attached hydrogens (tertiary/aromatic N) is 1. The first kappa shape index (κ1) is 17.6. The largest absolute Gasteiger partial charge is 0.354 e. The number of rotatable bonds is 6. The van der Waals surface area contributed by atoms with Crippen LogP contribution >= 0.6 is 0 Å². The van der Waals surface area contributed by atoms with E-state index >= 15 is 0 Å². The maximum Gasteiger partial charge on any atom is 0.229 e. The lowest BCUT2D eigenvalue weighted by Crippen LogP contribution is -2.15. The van der Waals surface area contributed by atoms with Gasteiger partial charge in [-0.05, 0) is 47.9 Å². The number of hydrogen-bond donors (Lipinski definition) is 2. The number of aryl methyl sites for hydroxylation is 1. The Bertz CT molecular complexity index is 877. The highest BCUT2D eigenvalue weighted by Gasteiger charge is 2.06. The number of anilines is 3. The summed E-state index contributed by atoms with van der Waals surface area (Å²) < 4.78 is 12.9. The molecule has 2 aromatic carbocycles. The van der Waals surface area contributed by atoms with Crippen LogP contribution in [0.4, 0.5) is 21.6 Å². The normalized spacial score (nSPS) is 10.4. The van der Waals surface area contributed by atoms with Crippen molar-refractivity contribution >= 4 is 23.1 Å². The van der Waals surface area contributed by atoms with E-state index in [0.29, 0.717) is 5.82 Å². The van der Waals surface area contributed by atoms with E-state index in [0.717, 1.165) is 23.4 Å². The Balaban J connectivity index is 1.60. The highest BCUT2D eigenvalue weighted by Crippen LogP contribution is 2.21. The summed E-state index contributed by atoms with van der Waals surface area (Å²) in [7, 11) is 0. The molecule has 1 amide bonds. The van der Waals surface area contributed by atoms with Gasteiger partial charge in [-0.3, -0.25) is 4.79 Å². The van der Waals surface area contributed by atoms with Crippen molar-refractivity contribution in [2.45, 2.75) is 19.8 Å². The molecule has 0 saturated carbocycles. The Kier molecular flexibility index (Phi) is 5.59. The van der Waals surface area contributed by atoms with Crippen LogP contribution in [-0.2, 0) is 17.6 Å². The number of pyridine rings is 1. The summed E-state index contributed by atoms with van der Waals surface area (Å²) in [6.07, 6.45) is 2.79. The minimum Gasteiger partial charge on any atom is -0.354 e. The molecular weight excluding hydrogens is 329 g/mol. The number of carbonyl (C=O) groups is 1. The summed E-state index contributed by atoms with van der Waals surface area (Å²) in [6.45, 7) is 2.11. The van der Waals surface area contributed by atoms with E-state index in [1.54, 1.807) is 24.4 Å². The Morgan fingerprint density at radius 2 is 1.81 bits per heavy atom. The molecule has 0 bridgehead atoms. The third-order valence-electron chi connectivity index (χ3n) is 3.99. The lowest BCUT2D eigenvalue weighted by molar-refractivity contribution is -0.115. The summed E-state index contributed by atoms with van der Waals surface area (Å²) in [4.78, 5) is 16.3. The topological polar surface area (TPSA) is 54.0 Å². The molecule has 0 aliphatic rings. The predicted molar refractivity (Wildman–Crippen MR) is 102 cm³/mol. The maximum atomic E-state index is 12.9. The van der Waals surface area contributed by atoms with Gasteiger partial charge in [0.15, 0.2) is 0 Å². The molecule has 1 heterocycles. The van der Waals surface area contributed by atoms with E-state index in [-0.39, 0.29) is 18.1 Å². The molecule has 132 valence electrons. The van der Waals surface area contributed by atoms with Crippen molar-refractivity contribution in [3.63, 3.8) is 0 Å². The highest BCUT2D eigenvalue weighted by molar-refractivity contribution is 5.91. The van der Waals surface area contributed by atoms with E-state index in [1.165, 1.54) is 17.7 Å². The van der Waals surface area contributed by atoms with E-state index < -0.39 is 0 Å². The van der Waals surface area contributed by atoms with Gasteiger partial charge in [0.05, 0.1) is 18.3 Å². The molecule has 0 saturated heterocycles. The van der Waals surface area contributed by atoms with Crippen molar-refractivity contribution in [1.29, 1.82) is 0 Å². The fourth-order valence-electron chi connectivity index (χ4n) is 2.62. The first-order chi connectivity index (χ1) is 12.6. The van der Waals surface area contributed by atoms with E-state index in [9.17, 15) is 9.18 Å². The van der Waals surface area contributed by atoms with Crippen LogP contribution in [0.15, 0.2) is 66.9 Å². The Hall–Kier alpha value is -3.21. The molecule has 0 atom stereocenters. The number of para-hydroxylation sites is 1. The first-order valence-corrected chi connectivity index (χ1v) is 8.49. The van der Waals surface area contributed by atoms with Crippen LogP contribution in [0.2, 0.25) is 0 Å². The average Bonchev–Trinajstić information content (AvgIpc) is 2.65. The number of aromatic nitrogens is 1. The second-order valence-corrected chi connectivity index (χ2v) is 5.92. The van der Waals surface area contributed by atoms with Crippen LogP contribution in [0.3, 0.4) is 0 Å². The third kappa shape index (κ3) is 4.66. The van der Waals surface area contributed by atoms with E-state index in [2.05, 4.69) is 28.6 Å². The van der Waals surface area contributed by atoms with Gasteiger partial charge in [0, 0.05) is 5.69 Å². The molecule has 26 heavy (non-hydrogen) atoms. The second-order valence-electron chi connectivity index (χ2n) is 5.92. The number of hydrogen-bond acceptors (Lipinski definition) is 3. The van der Waals surface area contributed by atoms with Crippen LogP contribution in [0, 0.1) is 5.82 Å². The van der Waals surface area contributed by atoms with Crippen molar-refractivity contribution in [1.82, 2.24) is 4.98 Å². The minimum atomic E-state index is -0.316. The molecule has 1 aromatic heterocycles. The van der Waals surface area contributed by atoms with Gasteiger partial charge in [-0.15, -0.1) is 0 Å². The van der Waals surface area contributed by atoms with Crippen LogP contribution < -0.4 is 10.6 Å². The predicted octanol–water partition coefficient (Wildman–Crippen LogP) is 4.71. The Morgan fingerprint density at radius 3 is 2.50 bits per heavy atom. The monoisotopic (exact) mass is 349 g/mol. The Labute approximate surface area is 152 Å². The number of carbonyl (C=O) groups excluding carboxylic acids is 1. The van der Waals surface area contributed by atoms with E-state index in [1.807, 2.05) is 24.3 Å². The average molecular weight is 349 g/mol. The second kappa shape index (κ2) is 8.25. The summed E-state index contributed by atoms with van der Waals surface area (Å²) in [5, 5.41) is 6.09. The number of halogens is 1. The van der Waals surface area contributed by atoms with Gasteiger partial charge in [0.25, 0.3) is 0 Å². The molecule has 0 aliphatic carbocycles. The molecule has 4 nitrogen and oxygen atoms in total. The first-order valence-electron chi connectivity index (χ1n) is 8.49. The molecule has 0 fully saturated rings. The van der Waals surface area contributed by atoms with Gasteiger partial charge in [-0.25, -0.2) is 9.37 Å². The summed E-state index contributed by atoms with van der Waals surface area (Å²) in [5.41, 5.74) is 3.87. The lowest BCUT2D eigenvalue weighted by Gasteiger charge is -2.11. The van der Waals surface area contributed by atoms with Gasteiger partial charge in [-0.1, -0.05) is 37.3 Å². The van der Waals surface area contributed by atoms with Crippen molar-refractivity contribution in [3.05, 3.63) is 83.8 Å². The maximum absolute atomic E-state index is 12.9. The molecule has 3 rings (SSSR count). The SMILES string of the molecule is CCc1ccccc1Nc1ccc(NC(=O)Cc2ccc(F)cc2)nc1. The summed E-state index contributed by atoms with van der Waals surface area (Å²) >= 11 is 0. The summed E-state index contributed by atoms with van der Waals surface area (Å²) in [6, 6.07) is 17.6. The van der Waals surface area contributed by atoms with Crippen molar-refractivity contribution in [2.24, 2.45) is 0 Å². The van der Waals surface area contributed by atoms with Crippen LogP contribution in [0.1, 0.15) is 18.1 Å². The van der Waals surface area contributed by atoms with Crippen LogP contribution in [0.5, 0.6) is 0 Å². The number of benzene rings is 2. The minimum absolute atomic E-state index is 0.172. The number of nitrogens with one attached hydrogen (secondary N) is 2. The standard InChI is InChI=1S/C21H20FN3O/c1-2-16-5-3-4-6-19(16)24-18-11-12-20(23-14-18)25-21(26)13-15-7-9-17(22)10-8-15/h3-12,14,24H,2,13H2,1H3,(H,23,25,26). The molecule has 0 aliphatic heterocycles. The molecule has 5 heteroatoms. The van der Waals surface area contributed by atoms with E-state index in [4.69, 9.17) is 0 Å². The van der Waals surface area contributed by atoms with Crippen molar-refractivity contribution < 1.29 is 9.18 Å². The third-order valence-corrected chi connectivity index (χ3v) is 3.99. The van der Waals surface area contributed by atoms with Crippen molar-refractivity contribution in [3.8, 4) is 0 Å². The van der Waals surface area contributed by atoms with Crippen LogP contribution in [0.25, 0.3) is 0 Å². The Morgan fingerprint density at radius 1 is 1.04 bits per heavy atom. The van der Waals surface area contributed by atoms with Gasteiger partial charge < -0.3 is 10.6 Å². The zero-order valence-electron chi connectivity index (χ0n) is 14.5. The molecular formula is C21H20FN3O. The highest BCUT2D eigenvalue weighted by atomic mass is 19.1. The summed E-state index contributed by atoms with van der Waals surface area (Å²) in [5.74, 6) is -0.0313. The van der Waals surface area contributed by atoms with Crippen LogP contribution in [-0.4, -0.2) is 10.9 Å². The van der Waals surface area contributed by atoms with Gasteiger partial charge >= 0.3 is 0 Å². The number of amides is 1. The van der Waals surface area contributed by atoms with Gasteiger partial charge in [0.1, 0.15) is 11.6 Å². The molecule has 0 spiro atoms. The van der Waals surface area contributed by atoms with Crippen molar-refractivity contribution in [2.75, 3.05) is 10.6 Å². The molecule has 0 unspecified atom stereocenters. The zero-order valence-corrected chi connectivity index (χ0v) is 14.5. The molecule has 2 N–H and O–H groups in total. The lowest BCUT2D eigenvalue weighted by atomic mass is 10.1. The molecule has 0 radical (unpaired) electrons. The van der Waals surface area contributed by atoms with Gasteiger partial charge in [-0.2, -0.15) is 0 Å². The fourth-order valence-corrected chi connectivity index (χ4v) is 2.62. The molecule has 3 aromatic rings.